The van der Waals surface area contributed by atoms with Crippen molar-refractivity contribution >= 4 is 35.0 Å². The molecule has 0 fully saturated rings. The fourth-order valence-corrected chi connectivity index (χ4v) is 2.72. The number of aliphatic hydroxyl groups excluding tert-OH is 1. The van der Waals surface area contributed by atoms with Crippen molar-refractivity contribution < 1.29 is 5.11 Å². The summed E-state index contributed by atoms with van der Waals surface area (Å²) < 4.78 is 0. The third-order valence-corrected chi connectivity index (χ3v) is 4.32. The van der Waals surface area contributed by atoms with Gasteiger partial charge >= 0.3 is 0 Å². The van der Waals surface area contributed by atoms with Gasteiger partial charge in [0.25, 0.3) is 0 Å². The number of aliphatic hydroxyl groups is 1. The number of hydrogen-bond donors (Lipinski definition) is 1. The molecule has 2 aromatic rings. The molecule has 0 bridgehead atoms. The molecule has 1 N–H and O–H groups in total. The molecule has 2 rings (SSSR count). The quantitative estimate of drug-likeness (QED) is 0.863. The minimum atomic E-state index is -0.496. The van der Waals surface area contributed by atoms with Gasteiger partial charge in [-0.15, -0.1) is 0 Å². The molecule has 100 valence electrons. The number of aromatic nitrogens is 1. The van der Waals surface area contributed by atoms with E-state index in [2.05, 4.69) is 4.98 Å². The summed E-state index contributed by atoms with van der Waals surface area (Å²) in [4.78, 5) is 6.25. The predicted octanol–water partition coefficient (Wildman–Crippen LogP) is 4.98. The Morgan fingerprint density at radius 1 is 1.16 bits per heavy atom. The third-order valence-electron chi connectivity index (χ3n) is 2.61. The van der Waals surface area contributed by atoms with Gasteiger partial charge in [-0.3, -0.25) is 4.98 Å². The van der Waals surface area contributed by atoms with Crippen LogP contribution >= 0.6 is 35.0 Å². The number of nitrogens with zero attached hydrogens (tertiary/aromatic N) is 1. The van der Waals surface area contributed by atoms with Gasteiger partial charge in [0.05, 0.1) is 21.8 Å². The van der Waals surface area contributed by atoms with E-state index in [1.807, 2.05) is 31.2 Å². The first-order chi connectivity index (χ1) is 9.10. The van der Waals surface area contributed by atoms with Crippen molar-refractivity contribution in [2.45, 2.75) is 29.2 Å². The lowest BCUT2D eigenvalue weighted by Gasteiger charge is -2.08. The van der Waals surface area contributed by atoms with Crippen LogP contribution in [0.4, 0.5) is 0 Å². The van der Waals surface area contributed by atoms with Crippen molar-refractivity contribution in [3.05, 3.63) is 52.3 Å². The number of hydrogen-bond acceptors (Lipinski definition) is 3. The van der Waals surface area contributed by atoms with E-state index in [-0.39, 0.29) is 0 Å². The number of rotatable bonds is 4. The van der Waals surface area contributed by atoms with Crippen molar-refractivity contribution in [3.8, 4) is 0 Å². The molecule has 2 nitrogen and oxygen atoms in total. The minimum Gasteiger partial charge on any atom is -0.387 e. The second-order valence-electron chi connectivity index (χ2n) is 4.02. The van der Waals surface area contributed by atoms with E-state index >= 15 is 0 Å². The van der Waals surface area contributed by atoms with Crippen molar-refractivity contribution in [1.82, 2.24) is 4.98 Å². The summed E-state index contributed by atoms with van der Waals surface area (Å²) in [6, 6.07) is 9.29. The average molecular weight is 314 g/mol. The zero-order valence-electron chi connectivity index (χ0n) is 10.3. The molecule has 0 spiro atoms. The van der Waals surface area contributed by atoms with Crippen LogP contribution in [0.1, 0.15) is 25.1 Å². The second-order valence-corrected chi connectivity index (χ2v) is 5.98. The summed E-state index contributed by atoms with van der Waals surface area (Å²) in [5, 5.41) is 10.8. The molecule has 0 saturated carbocycles. The summed E-state index contributed by atoms with van der Waals surface area (Å²) in [5.74, 6) is 0. The van der Waals surface area contributed by atoms with Gasteiger partial charge in [-0.25, -0.2) is 0 Å². The van der Waals surface area contributed by atoms with Crippen molar-refractivity contribution in [1.29, 1.82) is 0 Å². The Labute approximate surface area is 126 Å². The molecule has 1 unspecified atom stereocenters. The van der Waals surface area contributed by atoms with Crippen LogP contribution in [0.15, 0.2) is 46.3 Å². The summed E-state index contributed by atoms with van der Waals surface area (Å²) in [6.07, 6.45) is 1.91. The molecule has 0 saturated heterocycles. The first kappa shape index (κ1) is 14.7. The fourth-order valence-electron chi connectivity index (χ4n) is 1.53. The van der Waals surface area contributed by atoms with Gasteiger partial charge in [0.2, 0.25) is 0 Å². The SMILES string of the molecule is CCC(O)c1ccc(Sc2ccc(Cl)c(Cl)c2)cn1. The van der Waals surface area contributed by atoms with Crippen molar-refractivity contribution in [2.24, 2.45) is 0 Å². The van der Waals surface area contributed by atoms with Crippen LogP contribution in [-0.2, 0) is 0 Å². The average Bonchev–Trinajstić information content (AvgIpc) is 2.43. The van der Waals surface area contributed by atoms with Gasteiger partial charge in [-0.1, -0.05) is 41.9 Å². The summed E-state index contributed by atoms with van der Waals surface area (Å²) in [5.41, 5.74) is 0.695. The van der Waals surface area contributed by atoms with Crippen LogP contribution in [0.25, 0.3) is 0 Å². The van der Waals surface area contributed by atoms with Gasteiger partial charge in [0.1, 0.15) is 0 Å². The van der Waals surface area contributed by atoms with Crippen LogP contribution in [0.5, 0.6) is 0 Å². The summed E-state index contributed by atoms with van der Waals surface area (Å²) >= 11 is 13.4. The lowest BCUT2D eigenvalue weighted by Crippen LogP contribution is -1.97. The van der Waals surface area contributed by atoms with E-state index in [9.17, 15) is 5.11 Å². The van der Waals surface area contributed by atoms with E-state index in [1.54, 1.807) is 24.0 Å². The van der Waals surface area contributed by atoms with Gasteiger partial charge in [0.15, 0.2) is 0 Å². The maximum absolute atomic E-state index is 9.68. The Morgan fingerprint density at radius 2 is 1.89 bits per heavy atom. The molecule has 0 aliphatic heterocycles. The molecular weight excluding hydrogens is 301 g/mol. The first-order valence-corrected chi connectivity index (χ1v) is 7.44. The summed E-state index contributed by atoms with van der Waals surface area (Å²) in [6.45, 7) is 1.92. The van der Waals surface area contributed by atoms with Crippen LogP contribution in [0.3, 0.4) is 0 Å². The standard InChI is InChI=1S/C14H13Cl2NOS/c1-2-14(18)13-6-4-10(8-17-13)19-9-3-5-11(15)12(16)7-9/h3-8,14,18H,2H2,1H3. The van der Waals surface area contributed by atoms with Crippen LogP contribution in [0.2, 0.25) is 10.0 Å². The molecule has 0 amide bonds. The van der Waals surface area contributed by atoms with E-state index in [0.717, 1.165) is 9.79 Å². The number of halogens is 2. The number of pyridine rings is 1. The van der Waals surface area contributed by atoms with Crippen molar-refractivity contribution in [3.63, 3.8) is 0 Å². The van der Waals surface area contributed by atoms with Gasteiger partial charge < -0.3 is 5.11 Å². The van der Waals surface area contributed by atoms with Crippen LogP contribution in [0, 0.1) is 0 Å². The highest BCUT2D eigenvalue weighted by Crippen LogP contribution is 2.32. The van der Waals surface area contributed by atoms with E-state index in [0.29, 0.717) is 22.2 Å². The maximum atomic E-state index is 9.68. The fraction of sp³-hybridized carbons (Fsp3) is 0.214. The third kappa shape index (κ3) is 3.86. The van der Waals surface area contributed by atoms with Crippen LogP contribution in [-0.4, -0.2) is 10.1 Å². The van der Waals surface area contributed by atoms with E-state index in [1.165, 1.54) is 0 Å². The minimum absolute atomic E-state index is 0.496. The molecule has 1 atom stereocenters. The van der Waals surface area contributed by atoms with Crippen molar-refractivity contribution in [2.75, 3.05) is 0 Å². The Hall–Kier alpha value is -0.740. The van der Waals surface area contributed by atoms with E-state index < -0.39 is 6.10 Å². The molecular formula is C14H13Cl2NOS. The Bertz CT molecular complexity index is 560. The van der Waals surface area contributed by atoms with Gasteiger partial charge in [-0.05, 0) is 36.8 Å². The van der Waals surface area contributed by atoms with E-state index in [4.69, 9.17) is 23.2 Å². The number of benzene rings is 1. The molecule has 19 heavy (non-hydrogen) atoms. The molecule has 1 aromatic carbocycles. The van der Waals surface area contributed by atoms with Gasteiger partial charge in [-0.2, -0.15) is 0 Å². The van der Waals surface area contributed by atoms with Crippen LogP contribution < -0.4 is 0 Å². The zero-order valence-corrected chi connectivity index (χ0v) is 12.6. The molecule has 0 aliphatic carbocycles. The first-order valence-electron chi connectivity index (χ1n) is 5.87. The summed E-state index contributed by atoms with van der Waals surface area (Å²) in [7, 11) is 0. The monoisotopic (exact) mass is 313 g/mol. The highest BCUT2D eigenvalue weighted by molar-refractivity contribution is 7.99. The zero-order chi connectivity index (χ0) is 13.8. The Balaban J connectivity index is 2.12. The largest absolute Gasteiger partial charge is 0.387 e. The molecule has 0 aliphatic rings. The highest BCUT2D eigenvalue weighted by Gasteiger charge is 2.07. The smallest absolute Gasteiger partial charge is 0.0957 e. The lowest BCUT2D eigenvalue weighted by molar-refractivity contribution is 0.169. The normalized spacial score (nSPS) is 12.4. The molecule has 5 heteroatoms. The molecule has 1 aromatic heterocycles. The molecule has 0 radical (unpaired) electrons. The van der Waals surface area contributed by atoms with Gasteiger partial charge in [0, 0.05) is 16.0 Å². The Morgan fingerprint density at radius 3 is 2.47 bits per heavy atom. The second kappa shape index (κ2) is 6.62. The molecule has 1 heterocycles. The topological polar surface area (TPSA) is 33.1 Å². The Kier molecular flexibility index (Phi) is 5.11. The maximum Gasteiger partial charge on any atom is 0.0957 e. The lowest BCUT2D eigenvalue weighted by atomic mass is 10.2. The highest BCUT2D eigenvalue weighted by atomic mass is 35.5. The predicted molar refractivity (Wildman–Crippen MR) is 80.1 cm³/mol.